The van der Waals surface area contributed by atoms with Gasteiger partial charge in [-0.15, -0.1) is 0 Å². The molecule has 0 fully saturated rings. The van der Waals surface area contributed by atoms with Crippen molar-refractivity contribution in [1.82, 2.24) is 0 Å². The maximum Gasteiger partial charge on any atom is 0.306 e. The van der Waals surface area contributed by atoms with Crippen LogP contribution in [0.1, 0.15) is 53.9 Å². The van der Waals surface area contributed by atoms with E-state index < -0.39 is 17.9 Å². The Kier molecular flexibility index (Phi) is 6.97. The van der Waals surface area contributed by atoms with Gasteiger partial charge in [-0.3, -0.25) is 9.59 Å². The topological polar surface area (TPSA) is 74.6 Å². The summed E-state index contributed by atoms with van der Waals surface area (Å²) >= 11 is 0. The Balaban J connectivity index is 4.79. The summed E-state index contributed by atoms with van der Waals surface area (Å²) in [5, 5.41) is 18.1. The number of allylic oxidation sites excluding steroid dienone is 1. The summed E-state index contributed by atoms with van der Waals surface area (Å²) in [6, 6.07) is 0. The molecule has 0 aromatic rings. The predicted octanol–water partition coefficient (Wildman–Crippen LogP) is 3.82. The average molecular weight is 284 g/mol. The Morgan fingerprint density at radius 2 is 1.60 bits per heavy atom. The molecule has 0 bridgehead atoms. The molecule has 0 aliphatic rings. The lowest BCUT2D eigenvalue weighted by Crippen LogP contribution is -2.27. The van der Waals surface area contributed by atoms with Crippen molar-refractivity contribution < 1.29 is 19.8 Å². The van der Waals surface area contributed by atoms with Crippen LogP contribution in [0.5, 0.6) is 0 Å². The lowest BCUT2D eigenvalue weighted by Gasteiger charge is -2.34. The fourth-order valence-electron chi connectivity index (χ4n) is 2.59. The molecule has 20 heavy (non-hydrogen) atoms. The zero-order valence-corrected chi connectivity index (χ0v) is 13.3. The lowest BCUT2D eigenvalue weighted by atomic mass is 9.71. The van der Waals surface area contributed by atoms with E-state index in [4.69, 9.17) is 10.2 Å². The maximum atomic E-state index is 11.2. The normalized spacial score (nSPS) is 16.2. The van der Waals surface area contributed by atoms with Crippen molar-refractivity contribution in [3.8, 4) is 0 Å². The molecule has 0 aliphatic heterocycles. The van der Waals surface area contributed by atoms with Crippen LogP contribution in [0.25, 0.3) is 0 Å². The molecule has 0 saturated heterocycles. The molecule has 3 atom stereocenters. The Labute approximate surface area is 121 Å². The number of carboxylic acids is 2. The number of carbonyl (C=O) groups is 2. The van der Waals surface area contributed by atoms with Gasteiger partial charge in [-0.25, -0.2) is 0 Å². The van der Waals surface area contributed by atoms with E-state index >= 15 is 0 Å². The highest BCUT2D eigenvalue weighted by Gasteiger charge is 2.32. The summed E-state index contributed by atoms with van der Waals surface area (Å²) in [5.74, 6) is -2.33. The van der Waals surface area contributed by atoms with E-state index in [1.54, 1.807) is 6.92 Å². The van der Waals surface area contributed by atoms with Crippen LogP contribution in [0.4, 0.5) is 0 Å². The first kappa shape index (κ1) is 18.7. The van der Waals surface area contributed by atoms with Crippen molar-refractivity contribution in [2.45, 2.75) is 53.9 Å². The predicted molar refractivity (Wildman–Crippen MR) is 79.5 cm³/mol. The molecule has 0 spiro atoms. The van der Waals surface area contributed by atoms with E-state index in [-0.39, 0.29) is 17.3 Å². The largest absolute Gasteiger partial charge is 0.481 e. The van der Waals surface area contributed by atoms with Gasteiger partial charge >= 0.3 is 11.9 Å². The van der Waals surface area contributed by atoms with Crippen molar-refractivity contribution in [3.05, 3.63) is 12.2 Å². The van der Waals surface area contributed by atoms with Crippen molar-refractivity contribution in [2.75, 3.05) is 0 Å². The second-order valence-electron chi connectivity index (χ2n) is 6.43. The quantitative estimate of drug-likeness (QED) is 0.631. The van der Waals surface area contributed by atoms with Crippen LogP contribution in [-0.2, 0) is 9.59 Å². The average Bonchev–Trinajstić information content (AvgIpc) is 2.34. The molecule has 2 N–H and O–H groups in total. The van der Waals surface area contributed by atoms with E-state index in [1.165, 1.54) is 0 Å². The molecule has 0 aliphatic carbocycles. The molecule has 0 aromatic carbocycles. The minimum absolute atomic E-state index is 0.0578. The second-order valence-corrected chi connectivity index (χ2v) is 6.43. The monoisotopic (exact) mass is 284 g/mol. The Morgan fingerprint density at radius 3 is 1.95 bits per heavy atom. The molecule has 0 heterocycles. The molecule has 0 rings (SSSR count). The van der Waals surface area contributed by atoms with Gasteiger partial charge in [0.2, 0.25) is 0 Å². The van der Waals surface area contributed by atoms with E-state index in [2.05, 4.69) is 6.58 Å². The van der Waals surface area contributed by atoms with Crippen LogP contribution in [0.15, 0.2) is 12.2 Å². The summed E-state index contributed by atoms with van der Waals surface area (Å²) in [6.07, 6.45) is 1.65. The third kappa shape index (κ3) is 5.35. The fourth-order valence-corrected chi connectivity index (χ4v) is 2.59. The fraction of sp³-hybridized carbons (Fsp3) is 0.750. The van der Waals surface area contributed by atoms with Crippen LogP contribution < -0.4 is 0 Å². The van der Waals surface area contributed by atoms with Crippen LogP contribution in [0, 0.1) is 23.2 Å². The summed E-state index contributed by atoms with van der Waals surface area (Å²) in [6.45, 7) is 13.6. The van der Waals surface area contributed by atoms with Crippen molar-refractivity contribution in [2.24, 2.45) is 23.2 Å². The Bertz CT molecular complexity index is 371. The summed E-state index contributed by atoms with van der Waals surface area (Å²) < 4.78 is 0. The van der Waals surface area contributed by atoms with Crippen molar-refractivity contribution in [3.63, 3.8) is 0 Å². The minimum Gasteiger partial charge on any atom is -0.481 e. The first-order valence-corrected chi connectivity index (χ1v) is 7.17. The van der Waals surface area contributed by atoms with Gasteiger partial charge in [0.1, 0.15) is 0 Å². The molecule has 4 heteroatoms. The zero-order chi connectivity index (χ0) is 16.1. The van der Waals surface area contributed by atoms with Gasteiger partial charge in [-0.1, -0.05) is 46.8 Å². The first-order valence-electron chi connectivity index (χ1n) is 7.17. The Morgan fingerprint density at radius 1 is 1.10 bits per heavy atom. The van der Waals surface area contributed by atoms with Gasteiger partial charge in [0.05, 0.1) is 11.8 Å². The first-order chi connectivity index (χ1) is 9.02. The van der Waals surface area contributed by atoms with Crippen LogP contribution in [-0.4, -0.2) is 22.2 Å². The SMILES string of the molecule is C=C(C(C)CC(C)C(=O)O)C(C)(C)CC(CC)C(=O)O. The lowest BCUT2D eigenvalue weighted by molar-refractivity contribution is -0.143. The molecule has 3 unspecified atom stereocenters. The van der Waals surface area contributed by atoms with E-state index in [0.717, 1.165) is 5.57 Å². The van der Waals surface area contributed by atoms with Gasteiger partial charge in [-0.2, -0.15) is 0 Å². The van der Waals surface area contributed by atoms with E-state index in [1.807, 2.05) is 27.7 Å². The van der Waals surface area contributed by atoms with Crippen molar-refractivity contribution >= 4 is 11.9 Å². The zero-order valence-electron chi connectivity index (χ0n) is 13.3. The molecule has 116 valence electrons. The number of carboxylic acid groups (broad SMARTS) is 2. The molecular weight excluding hydrogens is 256 g/mol. The number of hydrogen-bond donors (Lipinski definition) is 2. The molecular formula is C16H28O4. The van der Waals surface area contributed by atoms with Crippen LogP contribution >= 0.6 is 0 Å². The maximum absolute atomic E-state index is 11.2. The van der Waals surface area contributed by atoms with Gasteiger partial charge in [0, 0.05) is 0 Å². The van der Waals surface area contributed by atoms with Gasteiger partial charge in [-0.05, 0) is 30.6 Å². The van der Waals surface area contributed by atoms with Crippen LogP contribution in [0.2, 0.25) is 0 Å². The van der Waals surface area contributed by atoms with Gasteiger partial charge in [0.15, 0.2) is 0 Å². The van der Waals surface area contributed by atoms with Crippen LogP contribution in [0.3, 0.4) is 0 Å². The second kappa shape index (κ2) is 7.46. The van der Waals surface area contributed by atoms with Crippen molar-refractivity contribution in [1.29, 1.82) is 0 Å². The summed E-state index contributed by atoms with van der Waals surface area (Å²) in [4.78, 5) is 22.1. The highest BCUT2D eigenvalue weighted by Crippen LogP contribution is 2.39. The third-order valence-electron chi connectivity index (χ3n) is 4.19. The summed E-state index contributed by atoms with van der Waals surface area (Å²) in [7, 11) is 0. The Hall–Kier alpha value is -1.32. The molecule has 0 amide bonds. The standard InChI is InChI=1S/C16H28O4/c1-7-13(15(19)20)9-16(5,6)12(4)10(2)8-11(3)14(17)18/h10-11,13H,4,7-9H2,1-3,5-6H3,(H,17,18)(H,19,20). The van der Waals surface area contributed by atoms with Gasteiger partial charge in [0.25, 0.3) is 0 Å². The number of hydrogen-bond acceptors (Lipinski definition) is 2. The molecule has 0 radical (unpaired) electrons. The number of rotatable bonds is 9. The smallest absolute Gasteiger partial charge is 0.306 e. The molecule has 4 nitrogen and oxygen atoms in total. The molecule has 0 aromatic heterocycles. The third-order valence-corrected chi connectivity index (χ3v) is 4.19. The highest BCUT2D eigenvalue weighted by molar-refractivity contribution is 5.70. The summed E-state index contributed by atoms with van der Waals surface area (Å²) in [5.41, 5.74) is 0.627. The highest BCUT2D eigenvalue weighted by atomic mass is 16.4. The number of aliphatic carboxylic acids is 2. The molecule has 0 saturated carbocycles. The van der Waals surface area contributed by atoms with Gasteiger partial charge < -0.3 is 10.2 Å². The van der Waals surface area contributed by atoms with E-state index in [0.29, 0.717) is 19.3 Å². The van der Waals surface area contributed by atoms with E-state index in [9.17, 15) is 9.59 Å². The minimum atomic E-state index is -0.806.